The highest BCUT2D eigenvalue weighted by atomic mass is 35.5. The molecule has 0 fully saturated rings. The van der Waals surface area contributed by atoms with Crippen LogP contribution in [0.3, 0.4) is 0 Å². The van der Waals surface area contributed by atoms with Gasteiger partial charge in [-0.1, -0.05) is 17.7 Å². The molecule has 1 aromatic heterocycles. The van der Waals surface area contributed by atoms with Crippen LogP contribution in [0.2, 0.25) is 5.02 Å². The number of nitrogens with zero attached hydrogens (tertiary/aromatic N) is 1. The van der Waals surface area contributed by atoms with Crippen molar-refractivity contribution in [3.05, 3.63) is 58.7 Å². The van der Waals surface area contributed by atoms with Crippen LogP contribution in [0.1, 0.15) is 18.1 Å². The third-order valence-corrected chi connectivity index (χ3v) is 4.96. The quantitative estimate of drug-likeness (QED) is 0.737. The molecule has 0 aliphatic carbocycles. The van der Waals surface area contributed by atoms with Crippen LogP contribution in [0.25, 0.3) is 10.9 Å². The summed E-state index contributed by atoms with van der Waals surface area (Å²) in [5, 5.41) is 4.51. The van der Waals surface area contributed by atoms with E-state index in [-0.39, 0.29) is 18.2 Å². The molecular weight excluding hydrogens is 350 g/mol. The monoisotopic (exact) mass is 367 g/mol. The zero-order valence-corrected chi connectivity index (χ0v) is 15.1. The summed E-state index contributed by atoms with van der Waals surface area (Å²) in [7, 11) is 0. The lowest BCUT2D eigenvalue weighted by Crippen LogP contribution is -2.25. The number of anilines is 2. The van der Waals surface area contributed by atoms with Gasteiger partial charge in [-0.15, -0.1) is 0 Å². The van der Waals surface area contributed by atoms with E-state index in [0.29, 0.717) is 17.3 Å². The third-order valence-electron chi connectivity index (χ3n) is 4.73. The van der Waals surface area contributed by atoms with E-state index in [9.17, 15) is 9.59 Å². The fourth-order valence-corrected chi connectivity index (χ4v) is 3.63. The Morgan fingerprint density at radius 1 is 1.23 bits per heavy atom. The second-order valence-electron chi connectivity index (χ2n) is 6.49. The van der Waals surface area contributed by atoms with Gasteiger partial charge in [0.1, 0.15) is 0 Å². The summed E-state index contributed by atoms with van der Waals surface area (Å²) in [6.45, 7) is 2.25. The van der Waals surface area contributed by atoms with Gasteiger partial charge >= 0.3 is 0 Å². The fourth-order valence-electron chi connectivity index (χ4n) is 3.46. The zero-order valence-electron chi connectivity index (χ0n) is 14.3. The summed E-state index contributed by atoms with van der Waals surface area (Å²) < 4.78 is 0. The highest BCUT2D eigenvalue weighted by Gasteiger charge is 2.22. The first-order chi connectivity index (χ1) is 12.5. The average molecular weight is 368 g/mol. The van der Waals surface area contributed by atoms with E-state index in [0.717, 1.165) is 34.1 Å². The first-order valence-electron chi connectivity index (χ1n) is 8.47. The molecule has 1 aliphatic rings. The van der Waals surface area contributed by atoms with Crippen molar-refractivity contribution >= 4 is 45.7 Å². The minimum absolute atomic E-state index is 0.0166. The molecule has 5 nitrogen and oxygen atoms in total. The number of carbonyl (C=O) groups is 2. The predicted molar refractivity (Wildman–Crippen MR) is 104 cm³/mol. The molecule has 132 valence electrons. The number of halogens is 1. The van der Waals surface area contributed by atoms with Gasteiger partial charge in [0.05, 0.1) is 6.42 Å². The number of aromatic nitrogens is 1. The molecule has 2 N–H and O–H groups in total. The lowest BCUT2D eigenvalue weighted by atomic mass is 10.1. The molecule has 4 rings (SSSR count). The Bertz CT molecular complexity index is 1030. The van der Waals surface area contributed by atoms with E-state index >= 15 is 0 Å². The van der Waals surface area contributed by atoms with Crippen LogP contribution in [-0.4, -0.2) is 23.3 Å². The molecular formula is C20H18ClN3O2. The molecule has 2 aromatic carbocycles. The van der Waals surface area contributed by atoms with Crippen LogP contribution in [0.4, 0.5) is 11.4 Å². The Morgan fingerprint density at radius 3 is 2.88 bits per heavy atom. The number of hydrogen-bond acceptors (Lipinski definition) is 2. The van der Waals surface area contributed by atoms with Crippen molar-refractivity contribution in [2.75, 3.05) is 16.8 Å². The van der Waals surface area contributed by atoms with Crippen LogP contribution in [0.5, 0.6) is 0 Å². The van der Waals surface area contributed by atoms with Crippen molar-refractivity contribution in [3.8, 4) is 0 Å². The molecule has 0 radical (unpaired) electrons. The highest BCUT2D eigenvalue weighted by Crippen LogP contribution is 2.31. The molecule has 0 atom stereocenters. The Kier molecular flexibility index (Phi) is 4.17. The Morgan fingerprint density at radius 2 is 2.08 bits per heavy atom. The maximum Gasteiger partial charge on any atom is 0.228 e. The number of fused-ring (bicyclic) bond motifs is 2. The summed E-state index contributed by atoms with van der Waals surface area (Å²) in [5.41, 5.74) is 4.55. The van der Waals surface area contributed by atoms with E-state index in [1.54, 1.807) is 11.8 Å². The first-order valence-corrected chi connectivity index (χ1v) is 8.85. The number of nitrogens with one attached hydrogen (secondary N) is 2. The Hall–Kier alpha value is -2.79. The molecule has 0 spiro atoms. The molecule has 0 unspecified atom stereocenters. The standard InChI is InChI=1S/C20H18ClN3O2/c1-12(25)24-7-6-13-2-4-16(10-19(13)24)23-20(26)8-14-11-22-18-5-3-15(21)9-17(14)18/h2-5,9-11,22H,6-8H2,1H3,(H,23,26). The normalized spacial score (nSPS) is 13.1. The van der Waals surface area contributed by atoms with Gasteiger partial charge in [0.2, 0.25) is 11.8 Å². The maximum atomic E-state index is 12.5. The van der Waals surface area contributed by atoms with Gasteiger partial charge in [0, 0.05) is 47.0 Å². The van der Waals surface area contributed by atoms with E-state index in [1.807, 2.05) is 42.6 Å². The van der Waals surface area contributed by atoms with Crippen LogP contribution in [0, 0.1) is 0 Å². The van der Waals surface area contributed by atoms with Crippen LogP contribution in [0.15, 0.2) is 42.6 Å². The van der Waals surface area contributed by atoms with Crippen molar-refractivity contribution in [1.29, 1.82) is 0 Å². The van der Waals surface area contributed by atoms with Gasteiger partial charge < -0.3 is 15.2 Å². The molecule has 3 aromatic rings. The van der Waals surface area contributed by atoms with Crippen LogP contribution >= 0.6 is 11.6 Å². The maximum absolute atomic E-state index is 12.5. The number of hydrogen-bond donors (Lipinski definition) is 2. The molecule has 0 bridgehead atoms. The lowest BCUT2D eigenvalue weighted by molar-refractivity contribution is -0.116. The van der Waals surface area contributed by atoms with E-state index in [4.69, 9.17) is 11.6 Å². The van der Waals surface area contributed by atoms with Crippen LogP contribution < -0.4 is 10.2 Å². The number of benzene rings is 2. The second-order valence-corrected chi connectivity index (χ2v) is 6.93. The van der Waals surface area contributed by atoms with E-state index in [1.165, 1.54) is 0 Å². The minimum Gasteiger partial charge on any atom is -0.361 e. The van der Waals surface area contributed by atoms with Crippen molar-refractivity contribution in [2.24, 2.45) is 0 Å². The molecule has 1 aliphatic heterocycles. The third kappa shape index (κ3) is 3.06. The second kappa shape index (κ2) is 6.50. The topological polar surface area (TPSA) is 65.2 Å². The van der Waals surface area contributed by atoms with Crippen LogP contribution in [-0.2, 0) is 22.4 Å². The number of aromatic amines is 1. The number of rotatable bonds is 3. The van der Waals surface area contributed by atoms with Crippen molar-refractivity contribution in [3.63, 3.8) is 0 Å². The average Bonchev–Trinajstić information content (AvgIpc) is 3.19. The van der Waals surface area contributed by atoms with Gasteiger partial charge in [-0.25, -0.2) is 0 Å². The van der Waals surface area contributed by atoms with E-state index < -0.39 is 0 Å². The summed E-state index contributed by atoms with van der Waals surface area (Å²) in [6, 6.07) is 11.3. The lowest BCUT2D eigenvalue weighted by Gasteiger charge is -2.15. The molecule has 2 heterocycles. The van der Waals surface area contributed by atoms with Gasteiger partial charge in [-0.3, -0.25) is 9.59 Å². The summed E-state index contributed by atoms with van der Waals surface area (Å²) >= 11 is 6.06. The molecule has 2 amide bonds. The molecule has 6 heteroatoms. The zero-order chi connectivity index (χ0) is 18.3. The minimum atomic E-state index is -0.113. The van der Waals surface area contributed by atoms with Gasteiger partial charge in [-0.05, 0) is 47.9 Å². The Balaban J connectivity index is 1.52. The Labute approximate surface area is 155 Å². The van der Waals surface area contributed by atoms with Crippen molar-refractivity contribution < 1.29 is 9.59 Å². The number of H-pyrrole nitrogens is 1. The van der Waals surface area contributed by atoms with Crippen molar-refractivity contribution in [1.82, 2.24) is 4.98 Å². The SMILES string of the molecule is CC(=O)N1CCc2ccc(NC(=O)Cc3c[nH]c4ccc(Cl)cc34)cc21. The first kappa shape index (κ1) is 16.7. The fraction of sp³-hybridized carbons (Fsp3) is 0.200. The van der Waals surface area contributed by atoms with E-state index in [2.05, 4.69) is 10.3 Å². The summed E-state index contributed by atoms with van der Waals surface area (Å²) in [5.74, 6) is -0.0962. The van der Waals surface area contributed by atoms with Gasteiger partial charge in [0.15, 0.2) is 0 Å². The number of amides is 2. The smallest absolute Gasteiger partial charge is 0.228 e. The predicted octanol–water partition coefficient (Wildman–Crippen LogP) is 3.91. The molecule has 0 saturated heterocycles. The molecule has 0 saturated carbocycles. The number of carbonyl (C=O) groups excluding carboxylic acids is 2. The molecule has 26 heavy (non-hydrogen) atoms. The summed E-state index contributed by atoms with van der Waals surface area (Å²) in [4.78, 5) is 29.1. The van der Waals surface area contributed by atoms with Crippen molar-refractivity contribution in [2.45, 2.75) is 19.8 Å². The van der Waals surface area contributed by atoms with Gasteiger partial charge in [0.25, 0.3) is 0 Å². The van der Waals surface area contributed by atoms with Gasteiger partial charge in [-0.2, -0.15) is 0 Å². The summed E-state index contributed by atoms with van der Waals surface area (Å²) in [6.07, 6.45) is 2.92. The largest absolute Gasteiger partial charge is 0.361 e. The highest BCUT2D eigenvalue weighted by molar-refractivity contribution is 6.31.